The molecule has 19 heavy (non-hydrogen) atoms. The van der Waals surface area contributed by atoms with Crippen LogP contribution in [0.25, 0.3) is 0 Å². The van der Waals surface area contributed by atoms with Crippen molar-refractivity contribution in [3.8, 4) is 5.75 Å². The summed E-state index contributed by atoms with van der Waals surface area (Å²) in [4.78, 5) is 0. The van der Waals surface area contributed by atoms with E-state index in [0.29, 0.717) is 0 Å². The fourth-order valence-electron chi connectivity index (χ4n) is 2.04. The Balaban J connectivity index is 2.10. The molecule has 1 aromatic carbocycles. The van der Waals surface area contributed by atoms with Gasteiger partial charge in [-0.15, -0.1) is 0 Å². The van der Waals surface area contributed by atoms with Gasteiger partial charge in [0.25, 0.3) is 0 Å². The van der Waals surface area contributed by atoms with E-state index in [1.54, 1.807) is 7.11 Å². The van der Waals surface area contributed by atoms with Crippen molar-refractivity contribution in [1.29, 1.82) is 0 Å². The molecule has 2 aromatic rings. The van der Waals surface area contributed by atoms with Gasteiger partial charge in [-0.3, -0.25) is 4.68 Å². The maximum atomic E-state index is 5.20. The SMILES string of the molecule is CCCNC(Cn1cccn1)c1ccc(OC)cc1. The first-order chi connectivity index (χ1) is 9.33. The molecule has 4 nitrogen and oxygen atoms in total. The van der Waals surface area contributed by atoms with Crippen LogP contribution in [-0.2, 0) is 6.54 Å². The Morgan fingerprint density at radius 2 is 2.11 bits per heavy atom. The molecule has 1 atom stereocenters. The molecular formula is C15H21N3O. The maximum absolute atomic E-state index is 5.20. The lowest BCUT2D eigenvalue weighted by atomic mass is 10.1. The molecule has 0 bridgehead atoms. The minimum Gasteiger partial charge on any atom is -0.497 e. The van der Waals surface area contributed by atoms with Crippen LogP contribution in [0.15, 0.2) is 42.7 Å². The van der Waals surface area contributed by atoms with E-state index in [0.717, 1.165) is 25.3 Å². The smallest absolute Gasteiger partial charge is 0.118 e. The van der Waals surface area contributed by atoms with Gasteiger partial charge in [-0.05, 0) is 36.7 Å². The van der Waals surface area contributed by atoms with Crippen LogP contribution in [0, 0.1) is 0 Å². The summed E-state index contributed by atoms with van der Waals surface area (Å²) in [5.41, 5.74) is 1.25. The van der Waals surface area contributed by atoms with Crippen LogP contribution in [0.5, 0.6) is 5.75 Å². The van der Waals surface area contributed by atoms with Crippen LogP contribution in [0.4, 0.5) is 0 Å². The van der Waals surface area contributed by atoms with Crippen molar-refractivity contribution in [3.63, 3.8) is 0 Å². The quantitative estimate of drug-likeness (QED) is 0.831. The minimum atomic E-state index is 0.269. The zero-order valence-corrected chi connectivity index (χ0v) is 11.5. The maximum Gasteiger partial charge on any atom is 0.118 e. The van der Waals surface area contributed by atoms with Gasteiger partial charge in [0.2, 0.25) is 0 Å². The predicted molar refractivity (Wildman–Crippen MR) is 76.3 cm³/mol. The number of hydrogen-bond donors (Lipinski definition) is 1. The molecule has 0 saturated carbocycles. The van der Waals surface area contributed by atoms with Crippen molar-refractivity contribution >= 4 is 0 Å². The number of ether oxygens (including phenoxy) is 1. The second kappa shape index (κ2) is 6.95. The van der Waals surface area contributed by atoms with Crippen LogP contribution >= 0.6 is 0 Å². The van der Waals surface area contributed by atoms with E-state index in [1.807, 2.05) is 35.3 Å². The van der Waals surface area contributed by atoms with E-state index < -0.39 is 0 Å². The third-order valence-electron chi connectivity index (χ3n) is 3.09. The predicted octanol–water partition coefficient (Wildman–Crippen LogP) is 2.63. The molecule has 0 aliphatic rings. The van der Waals surface area contributed by atoms with Crippen molar-refractivity contribution < 1.29 is 4.74 Å². The highest BCUT2D eigenvalue weighted by molar-refractivity contribution is 5.29. The molecule has 0 amide bonds. The third kappa shape index (κ3) is 3.83. The Labute approximate surface area is 114 Å². The molecule has 4 heteroatoms. The molecule has 0 aliphatic carbocycles. The van der Waals surface area contributed by atoms with Gasteiger partial charge in [0.15, 0.2) is 0 Å². The van der Waals surface area contributed by atoms with Crippen molar-refractivity contribution in [1.82, 2.24) is 15.1 Å². The van der Waals surface area contributed by atoms with Gasteiger partial charge < -0.3 is 10.1 Å². The molecule has 0 aliphatic heterocycles. The molecule has 1 aromatic heterocycles. The number of nitrogens with zero attached hydrogens (tertiary/aromatic N) is 2. The molecule has 0 radical (unpaired) electrons. The second-order valence-corrected chi connectivity index (χ2v) is 4.51. The number of hydrogen-bond acceptors (Lipinski definition) is 3. The lowest BCUT2D eigenvalue weighted by Crippen LogP contribution is -2.26. The summed E-state index contributed by atoms with van der Waals surface area (Å²) >= 11 is 0. The van der Waals surface area contributed by atoms with Crippen LogP contribution in [0.2, 0.25) is 0 Å². The summed E-state index contributed by atoms with van der Waals surface area (Å²) in [7, 11) is 1.69. The zero-order chi connectivity index (χ0) is 13.5. The summed E-state index contributed by atoms with van der Waals surface area (Å²) in [5.74, 6) is 0.886. The monoisotopic (exact) mass is 259 g/mol. The minimum absolute atomic E-state index is 0.269. The molecule has 0 fully saturated rings. The fourth-order valence-corrected chi connectivity index (χ4v) is 2.04. The average Bonchev–Trinajstić information content (AvgIpc) is 2.96. The molecule has 0 saturated heterocycles. The largest absolute Gasteiger partial charge is 0.497 e. The second-order valence-electron chi connectivity index (χ2n) is 4.51. The van der Waals surface area contributed by atoms with E-state index in [9.17, 15) is 0 Å². The normalized spacial score (nSPS) is 12.3. The Morgan fingerprint density at radius 1 is 1.32 bits per heavy atom. The third-order valence-corrected chi connectivity index (χ3v) is 3.09. The summed E-state index contributed by atoms with van der Waals surface area (Å²) < 4.78 is 7.15. The molecule has 1 N–H and O–H groups in total. The lowest BCUT2D eigenvalue weighted by Gasteiger charge is -2.19. The van der Waals surface area contributed by atoms with Gasteiger partial charge >= 0.3 is 0 Å². The number of aromatic nitrogens is 2. The van der Waals surface area contributed by atoms with Gasteiger partial charge in [-0.2, -0.15) is 5.10 Å². The number of benzene rings is 1. The topological polar surface area (TPSA) is 39.1 Å². The van der Waals surface area contributed by atoms with Crippen LogP contribution < -0.4 is 10.1 Å². The first-order valence-electron chi connectivity index (χ1n) is 6.68. The Hall–Kier alpha value is -1.81. The molecule has 1 unspecified atom stereocenters. The van der Waals surface area contributed by atoms with E-state index in [-0.39, 0.29) is 6.04 Å². The molecule has 1 heterocycles. The molecule has 102 valence electrons. The van der Waals surface area contributed by atoms with Gasteiger partial charge in [0.1, 0.15) is 5.75 Å². The highest BCUT2D eigenvalue weighted by Gasteiger charge is 2.11. The molecule has 2 rings (SSSR count). The van der Waals surface area contributed by atoms with Gasteiger partial charge in [-0.25, -0.2) is 0 Å². The zero-order valence-electron chi connectivity index (χ0n) is 11.5. The van der Waals surface area contributed by atoms with Crippen molar-refractivity contribution in [3.05, 3.63) is 48.3 Å². The van der Waals surface area contributed by atoms with Crippen LogP contribution in [0.3, 0.4) is 0 Å². The molecular weight excluding hydrogens is 238 g/mol. The fraction of sp³-hybridized carbons (Fsp3) is 0.400. The first kappa shape index (κ1) is 13.6. The van der Waals surface area contributed by atoms with E-state index >= 15 is 0 Å². The summed E-state index contributed by atoms with van der Waals surface area (Å²) in [6.45, 7) is 4.00. The Bertz CT molecular complexity index is 465. The lowest BCUT2D eigenvalue weighted by molar-refractivity contribution is 0.412. The Kier molecular flexibility index (Phi) is 4.98. The standard InChI is InChI=1S/C15H21N3O/c1-3-9-16-15(12-18-11-4-10-17-18)13-5-7-14(19-2)8-6-13/h4-8,10-11,15-16H,3,9,12H2,1-2H3. The number of nitrogens with one attached hydrogen (secondary N) is 1. The van der Waals surface area contributed by atoms with Crippen LogP contribution in [0.1, 0.15) is 24.9 Å². The Morgan fingerprint density at radius 3 is 2.68 bits per heavy atom. The van der Waals surface area contributed by atoms with E-state index in [4.69, 9.17) is 4.74 Å². The van der Waals surface area contributed by atoms with Gasteiger partial charge in [0, 0.05) is 12.4 Å². The number of rotatable bonds is 7. The van der Waals surface area contributed by atoms with Crippen molar-refractivity contribution in [2.75, 3.05) is 13.7 Å². The summed E-state index contributed by atoms with van der Waals surface area (Å²) in [6.07, 6.45) is 4.92. The summed E-state index contributed by atoms with van der Waals surface area (Å²) in [6, 6.07) is 10.4. The highest BCUT2D eigenvalue weighted by atomic mass is 16.5. The first-order valence-corrected chi connectivity index (χ1v) is 6.68. The van der Waals surface area contributed by atoms with Gasteiger partial charge in [0.05, 0.1) is 19.7 Å². The van der Waals surface area contributed by atoms with E-state index in [2.05, 4.69) is 29.5 Å². The van der Waals surface area contributed by atoms with Crippen LogP contribution in [-0.4, -0.2) is 23.4 Å². The van der Waals surface area contributed by atoms with Crippen molar-refractivity contribution in [2.24, 2.45) is 0 Å². The molecule has 0 spiro atoms. The summed E-state index contributed by atoms with van der Waals surface area (Å²) in [5, 5.41) is 7.84. The highest BCUT2D eigenvalue weighted by Crippen LogP contribution is 2.19. The number of methoxy groups -OCH3 is 1. The average molecular weight is 259 g/mol. The van der Waals surface area contributed by atoms with Crippen molar-refractivity contribution in [2.45, 2.75) is 25.9 Å². The van der Waals surface area contributed by atoms with E-state index in [1.165, 1.54) is 5.56 Å². The van der Waals surface area contributed by atoms with Gasteiger partial charge in [-0.1, -0.05) is 19.1 Å².